The van der Waals surface area contributed by atoms with E-state index in [4.69, 9.17) is 4.74 Å². The van der Waals surface area contributed by atoms with E-state index in [1.807, 2.05) is 18.2 Å². The number of likely N-dealkylation sites (N-methyl/N-ethyl adjacent to an activating group) is 1. The van der Waals surface area contributed by atoms with Crippen molar-refractivity contribution in [2.75, 3.05) is 33.8 Å². The zero-order valence-corrected chi connectivity index (χ0v) is 11.7. The van der Waals surface area contributed by atoms with Gasteiger partial charge in [0.2, 0.25) is 0 Å². The number of aryl methyl sites for hydroxylation is 1. The fourth-order valence-corrected chi connectivity index (χ4v) is 2.71. The monoisotopic (exact) mass is 248 g/mol. The van der Waals surface area contributed by atoms with E-state index in [0.29, 0.717) is 0 Å². The molecule has 3 nitrogen and oxygen atoms in total. The molecule has 1 N–H and O–H groups in total. The van der Waals surface area contributed by atoms with Crippen molar-refractivity contribution in [1.82, 2.24) is 10.2 Å². The van der Waals surface area contributed by atoms with Crippen molar-refractivity contribution in [3.8, 4) is 5.75 Å². The van der Waals surface area contributed by atoms with E-state index in [-0.39, 0.29) is 5.54 Å². The van der Waals surface area contributed by atoms with Gasteiger partial charge in [-0.2, -0.15) is 0 Å². The van der Waals surface area contributed by atoms with E-state index in [1.165, 1.54) is 18.4 Å². The van der Waals surface area contributed by atoms with Gasteiger partial charge in [-0.3, -0.25) is 0 Å². The van der Waals surface area contributed by atoms with Crippen LogP contribution in [0.25, 0.3) is 0 Å². The Labute approximate surface area is 110 Å². The van der Waals surface area contributed by atoms with Crippen LogP contribution < -0.4 is 10.1 Å². The molecule has 1 fully saturated rings. The maximum atomic E-state index is 6.04. The zero-order chi connectivity index (χ0) is 13.0. The predicted octanol–water partition coefficient (Wildman–Crippen LogP) is 2.06. The summed E-state index contributed by atoms with van der Waals surface area (Å²) in [5, 5.41) is 3.62. The van der Waals surface area contributed by atoms with E-state index in [1.54, 1.807) is 0 Å². The maximum absolute atomic E-state index is 6.04. The second-order valence-electron chi connectivity index (χ2n) is 5.60. The highest BCUT2D eigenvalue weighted by atomic mass is 16.5. The molecule has 0 spiro atoms. The smallest absolute Gasteiger partial charge is 0.122 e. The number of hydrogen-bond acceptors (Lipinski definition) is 3. The minimum absolute atomic E-state index is 0.117. The van der Waals surface area contributed by atoms with Gasteiger partial charge in [-0.15, -0.1) is 0 Å². The SMILES string of the molecule is Cc1ccccc1OCC1(CN(C)C)CCCN1. The molecule has 100 valence electrons. The lowest BCUT2D eigenvalue weighted by molar-refractivity contribution is 0.159. The van der Waals surface area contributed by atoms with Gasteiger partial charge in [0.25, 0.3) is 0 Å². The molecule has 1 unspecified atom stereocenters. The lowest BCUT2D eigenvalue weighted by Gasteiger charge is -2.32. The Morgan fingerprint density at radius 2 is 2.11 bits per heavy atom. The Kier molecular flexibility index (Phi) is 4.25. The summed E-state index contributed by atoms with van der Waals surface area (Å²) in [6, 6.07) is 8.22. The molecule has 1 atom stereocenters. The molecule has 0 amide bonds. The topological polar surface area (TPSA) is 24.5 Å². The zero-order valence-electron chi connectivity index (χ0n) is 11.7. The summed E-state index contributed by atoms with van der Waals surface area (Å²) in [6.07, 6.45) is 2.43. The lowest BCUT2D eigenvalue weighted by atomic mass is 9.98. The predicted molar refractivity (Wildman–Crippen MR) is 75.2 cm³/mol. The molecule has 1 aliphatic rings. The molecular formula is C15H24N2O. The van der Waals surface area contributed by atoms with Gasteiger partial charge in [0.1, 0.15) is 12.4 Å². The molecule has 1 aromatic carbocycles. The summed E-state index contributed by atoms with van der Waals surface area (Å²) in [5.41, 5.74) is 1.32. The standard InChI is InChI=1S/C15H24N2O/c1-13-7-4-5-8-14(13)18-12-15(11-17(2)3)9-6-10-16-15/h4-5,7-8,16H,6,9-12H2,1-3H3. The van der Waals surface area contributed by atoms with E-state index in [9.17, 15) is 0 Å². The molecular weight excluding hydrogens is 224 g/mol. The van der Waals surface area contributed by atoms with Crippen LogP contribution >= 0.6 is 0 Å². The first-order valence-corrected chi connectivity index (χ1v) is 6.70. The normalized spacial score (nSPS) is 23.6. The van der Waals surface area contributed by atoms with Gasteiger partial charge < -0.3 is 15.0 Å². The highest BCUT2D eigenvalue weighted by molar-refractivity contribution is 5.31. The Balaban J connectivity index is 2.00. The average molecular weight is 248 g/mol. The quantitative estimate of drug-likeness (QED) is 0.863. The Morgan fingerprint density at radius 1 is 1.33 bits per heavy atom. The summed E-state index contributed by atoms with van der Waals surface area (Å²) in [6.45, 7) is 4.97. The van der Waals surface area contributed by atoms with Crippen LogP contribution in [0.15, 0.2) is 24.3 Å². The molecule has 18 heavy (non-hydrogen) atoms. The van der Waals surface area contributed by atoms with Gasteiger partial charge in [-0.25, -0.2) is 0 Å². The van der Waals surface area contributed by atoms with Crippen molar-refractivity contribution < 1.29 is 4.74 Å². The van der Waals surface area contributed by atoms with Crippen LogP contribution in [0.2, 0.25) is 0 Å². The van der Waals surface area contributed by atoms with Crippen LogP contribution in [-0.4, -0.2) is 44.2 Å². The van der Waals surface area contributed by atoms with Crippen molar-refractivity contribution >= 4 is 0 Å². The molecule has 1 aromatic rings. The number of benzene rings is 1. The first-order chi connectivity index (χ1) is 8.61. The summed E-state index contributed by atoms with van der Waals surface area (Å²) >= 11 is 0. The first-order valence-electron chi connectivity index (χ1n) is 6.70. The number of rotatable bonds is 5. The molecule has 0 radical (unpaired) electrons. The summed E-state index contributed by atoms with van der Waals surface area (Å²) in [5.74, 6) is 1.00. The molecule has 0 bridgehead atoms. The minimum atomic E-state index is 0.117. The van der Waals surface area contributed by atoms with Crippen molar-refractivity contribution in [1.29, 1.82) is 0 Å². The summed E-state index contributed by atoms with van der Waals surface area (Å²) in [7, 11) is 4.24. The van der Waals surface area contributed by atoms with E-state index < -0.39 is 0 Å². The number of ether oxygens (including phenoxy) is 1. The van der Waals surface area contributed by atoms with Crippen molar-refractivity contribution in [3.63, 3.8) is 0 Å². The second-order valence-corrected chi connectivity index (χ2v) is 5.60. The lowest BCUT2D eigenvalue weighted by Crippen LogP contribution is -2.52. The van der Waals surface area contributed by atoms with E-state index in [0.717, 1.165) is 25.4 Å². The summed E-state index contributed by atoms with van der Waals surface area (Å²) < 4.78 is 6.04. The fraction of sp³-hybridized carbons (Fsp3) is 0.600. The molecule has 1 saturated heterocycles. The molecule has 1 aliphatic heterocycles. The van der Waals surface area contributed by atoms with Crippen LogP contribution in [0.4, 0.5) is 0 Å². The molecule has 0 aromatic heterocycles. The largest absolute Gasteiger partial charge is 0.491 e. The Hall–Kier alpha value is -1.06. The van der Waals surface area contributed by atoms with Gasteiger partial charge in [0.05, 0.1) is 5.54 Å². The van der Waals surface area contributed by atoms with Gasteiger partial charge in [0.15, 0.2) is 0 Å². The molecule has 0 saturated carbocycles. The minimum Gasteiger partial charge on any atom is -0.491 e. The third-order valence-corrected chi connectivity index (χ3v) is 3.55. The second kappa shape index (κ2) is 5.72. The number of nitrogens with one attached hydrogen (secondary N) is 1. The average Bonchev–Trinajstić information content (AvgIpc) is 2.76. The summed E-state index contributed by atoms with van der Waals surface area (Å²) in [4.78, 5) is 2.24. The van der Waals surface area contributed by atoms with Crippen LogP contribution in [0.1, 0.15) is 18.4 Å². The van der Waals surface area contributed by atoms with Crippen LogP contribution in [-0.2, 0) is 0 Å². The first kappa shape index (κ1) is 13.4. The Bertz CT molecular complexity index is 384. The number of para-hydroxylation sites is 1. The van der Waals surface area contributed by atoms with Gasteiger partial charge in [-0.05, 0) is 52.0 Å². The fourth-order valence-electron chi connectivity index (χ4n) is 2.71. The van der Waals surface area contributed by atoms with Crippen molar-refractivity contribution in [2.24, 2.45) is 0 Å². The maximum Gasteiger partial charge on any atom is 0.122 e. The highest BCUT2D eigenvalue weighted by Crippen LogP contribution is 2.23. The van der Waals surface area contributed by atoms with Gasteiger partial charge in [-0.1, -0.05) is 18.2 Å². The van der Waals surface area contributed by atoms with Gasteiger partial charge in [0, 0.05) is 6.54 Å². The molecule has 0 aliphatic carbocycles. The van der Waals surface area contributed by atoms with Crippen LogP contribution in [0.5, 0.6) is 5.75 Å². The Morgan fingerprint density at radius 3 is 2.72 bits per heavy atom. The molecule has 2 rings (SSSR count). The third kappa shape index (κ3) is 3.24. The third-order valence-electron chi connectivity index (χ3n) is 3.55. The van der Waals surface area contributed by atoms with Crippen LogP contribution in [0.3, 0.4) is 0 Å². The van der Waals surface area contributed by atoms with E-state index >= 15 is 0 Å². The van der Waals surface area contributed by atoms with Crippen LogP contribution in [0, 0.1) is 6.92 Å². The number of nitrogens with zero attached hydrogens (tertiary/aromatic N) is 1. The number of hydrogen-bond donors (Lipinski definition) is 1. The van der Waals surface area contributed by atoms with Crippen molar-refractivity contribution in [2.45, 2.75) is 25.3 Å². The molecule has 3 heteroatoms. The van der Waals surface area contributed by atoms with E-state index in [2.05, 4.69) is 37.3 Å². The van der Waals surface area contributed by atoms with Crippen molar-refractivity contribution in [3.05, 3.63) is 29.8 Å². The highest BCUT2D eigenvalue weighted by Gasteiger charge is 2.34. The molecule has 1 heterocycles. The van der Waals surface area contributed by atoms with Gasteiger partial charge >= 0.3 is 0 Å².